The fraction of sp³-hybridized carbons (Fsp3) is 0.317. The molecule has 4 nitrogen and oxygen atoms in total. The van der Waals surface area contributed by atoms with Gasteiger partial charge in [0.2, 0.25) is 0 Å². The van der Waals surface area contributed by atoms with Gasteiger partial charge in [0, 0.05) is 65.5 Å². The number of allylic oxidation sites excluding steroid dienone is 2. The molecule has 0 bridgehead atoms. The summed E-state index contributed by atoms with van der Waals surface area (Å²) in [6.07, 6.45) is 9.83. The first-order chi connectivity index (χ1) is 32.6. The Morgan fingerprint density at radius 1 is 0.681 bits per heavy atom. The number of aryl methyl sites for hydroxylation is 2. The van der Waals surface area contributed by atoms with Crippen LogP contribution in [-0.2, 0) is 36.7 Å². The van der Waals surface area contributed by atoms with Crippen molar-refractivity contribution in [3.63, 3.8) is 0 Å². The van der Waals surface area contributed by atoms with Gasteiger partial charge in [0.15, 0.2) is 5.78 Å². The average Bonchev–Trinajstić information content (AvgIpc) is 3.72. The molecule has 0 fully saturated rings. The third-order valence-electron chi connectivity index (χ3n) is 12.6. The van der Waals surface area contributed by atoms with Gasteiger partial charge in [-0.2, -0.15) is 0 Å². The minimum absolute atomic E-state index is 0. The van der Waals surface area contributed by atoms with Crippen molar-refractivity contribution in [2.45, 2.75) is 114 Å². The third-order valence-corrected chi connectivity index (χ3v) is 13.9. The van der Waals surface area contributed by atoms with E-state index < -0.39 is 0 Å². The van der Waals surface area contributed by atoms with Crippen molar-refractivity contribution in [3.05, 3.63) is 180 Å². The first kappa shape index (κ1) is 54.4. The topological polar surface area (TPSA) is 63.1 Å². The number of rotatable bonds is 13. The summed E-state index contributed by atoms with van der Waals surface area (Å²) in [5.74, 6) is 1.20. The Balaban J connectivity index is 0.000000201. The van der Waals surface area contributed by atoms with Crippen molar-refractivity contribution in [2.24, 2.45) is 17.8 Å². The standard InChI is InChI=1S/C25H26NS.C25H20N.C13H24O2.Ir/c1-16(2)14-18-9-7-11-20-21-12-13-26-22(24(21)27-23(18)20)17-8-6-10-19(15-17)25(3,4)5;1-18-14-19(2)16-24(15-18)25-17-23(12-13-26-25)22-10-8-21(9-11-22)20-6-4-3-5-7-20;1-5-10(6-2)12(14)9-13(15)11(7-3)8-4;/h6-7,9-13,15-16H,14H2,1-5H3;3-15,17H,1-2H3;9-11,14H,5-8H2,1-4H3;/q2*-1;;/b;;12-9-;. The third kappa shape index (κ3) is 14.3. The number of carbonyl (C=O) groups excluding carboxylic acids is 1. The molecular formula is C63H70IrN2O2S-2. The first-order valence-electron chi connectivity index (χ1n) is 24.5. The number of hydrogen-bond donors (Lipinski definition) is 1. The number of aliphatic hydroxyl groups is 1. The summed E-state index contributed by atoms with van der Waals surface area (Å²) in [5, 5.41) is 12.4. The van der Waals surface area contributed by atoms with Gasteiger partial charge < -0.3 is 15.1 Å². The normalized spacial score (nSPS) is 11.6. The maximum atomic E-state index is 11.7. The number of fused-ring (bicyclic) bond motifs is 3. The van der Waals surface area contributed by atoms with Crippen LogP contribution in [0.25, 0.3) is 64.9 Å². The Kier molecular flexibility index (Phi) is 20.0. The molecular weight excluding hydrogens is 1040 g/mol. The molecule has 8 rings (SSSR count). The summed E-state index contributed by atoms with van der Waals surface area (Å²) < 4.78 is 2.67. The average molecular weight is 1110 g/mol. The van der Waals surface area contributed by atoms with Gasteiger partial charge in [-0.3, -0.25) is 4.79 Å². The number of carbonyl (C=O) groups is 1. The van der Waals surface area contributed by atoms with Crippen molar-refractivity contribution < 1.29 is 30.0 Å². The van der Waals surface area contributed by atoms with Crippen molar-refractivity contribution in [1.82, 2.24) is 9.97 Å². The zero-order valence-corrected chi connectivity index (χ0v) is 45.7. The van der Waals surface area contributed by atoms with E-state index in [4.69, 9.17) is 4.98 Å². The van der Waals surface area contributed by atoms with Crippen molar-refractivity contribution in [3.8, 4) is 44.8 Å². The van der Waals surface area contributed by atoms with E-state index in [1.54, 1.807) is 0 Å². The Labute approximate surface area is 430 Å². The monoisotopic (exact) mass is 1110 g/mol. The van der Waals surface area contributed by atoms with E-state index in [9.17, 15) is 9.90 Å². The zero-order chi connectivity index (χ0) is 49.0. The fourth-order valence-electron chi connectivity index (χ4n) is 8.70. The summed E-state index contributed by atoms with van der Waals surface area (Å²) in [4.78, 5) is 21.0. The van der Waals surface area contributed by atoms with E-state index in [0.29, 0.717) is 5.92 Å². The molecule has 0 spiro atoms. The molecule has 0 saturated carbocycles. The molecule has 1 N–H and O–H groups in total. The van der Waals surface area contributed by atoms with Gasteiger partial charge in [-0.25, -0.2) is 0 Å². The molecule has 1 radical (unpaired) electrons. The number of benzene rings is 5. The second-order valence-electron chi connectivity index (χ2n) is 19.4. The molecule has 0 aliphatic rings. The molecule has 3 heterocycles. The van der Waals surface area contributed by atoms with Gasteiger partial charge in [-0.1, -0.05) is 155 Å². The maximum Gasteiger partial charge on any atom is 0.162 e. The second kappa shape index (κ2) is 25.4. The predicted octanol–water partition coefficient (Wildman–Crippen LogP) is 17.8. The first-order valence-corrected chi connectivity index (χ1v) is 25.3. The van der Waals surface area contributed by atoms with Crippen LogP contribution in [0.4, 0.5) is 0 Å². The van der Waals surface area contributed by atoms with Crippen LogP contribution in [0.3, 0.4) is 0 Å². The predicted molar refractivity (Wildman–Crippen MR) is 291 cm³/mol. The molecule has 5 aromatic carbocycles. The van der Waals surface area contributed by atoms with E-state index >= 15 is 0 Å². The number of aromatic nitrogens is 2. The van der Waals surface area contributed by atoms with Crippen molar-refractivity contribution >= 4 is 37.3 Å². The summed E-state index contributed by atoms with van der Waals surface area (Å²) in [7, 11) is 0. The zero-order valence-electron chi connectivity index (χ0n) is 42.5. The van der Waals surface area contributed by atoms with E-state index in [0.717, 1.165) is 60.2 Å². The number of pyridine rings is 2. The maximum absolute atomic E-state index is 11.7. The number of hydrogen-bond acceptors (Lipinski definition) is 5. The molecule has 3 aromatic heterocycles. The second-order valence-corrected chi connectivity index (χ2v) is 20.4. The largest absolute Gasteiger partial charge is 0.512 e. The van der Waals surface area contributed by atoms with Crippen molar-refractivity contribution in [1.29, 1.82) is 0 Å². The fourth-order valence-corrected chi connectivity index (χ4v) is 10.0. The van der Waals surface area contributed by atoms with Crippen molar-refractivity contribution in [2.75, 3.05) is 0 Å². The van der Waals surface area contributed by atoms with E-state index in [1.807, 2.05) is 63.6 Å². The summed E-state index contributed by atoms with van der Waals surface area (Å²) >= 11 is 1.88. The Morgan fingerprint density at radius 2 is 1.30 bits per heavy atom. The van der Waals surface area contributed by atoms with Gasteiger partial charge >= 0.3 is 0 Å². The van der Waals surface area contributed by atoms with E-state index in [1.165, 1.54) is 65.2 Å². The van der Waals surface area contributed by atoms with Crippen LogP contribution in [-0.4, -0.2) is 20.9 Å². The smallest absolute Gasteiger partial charge is 0.162 e. The summed E-state index contributed by atoms with van der Waals surface area (Å²) in [6.45, 7) is 23.6. The van der Waals surface area contributed by atoms with Gasteiger partial charge in [-0.15, -0.1) is 81.6 Å². The van der Waals surface area contributed by atoms with Gasteiger partial charge in [-0.05, 0) is 99.9 Å². The van der Waals surface area contributed by atoms with Crippen LogP contribution in [0.1, 0.15) is 110 Å². The molecule has 0 unspecified atom stereocenters. The molecule has 0 saturated heterocycles. The minimum atomic E-state index is 0. The molecule has 0 amide bonds. The molecule has 0 aliphatic carbocycles. The molecule has 0 atom stereocenters. The Hall–Kier alpha value is -5.52. The number of thiophene rings is 1. The number of ketones is 1. The van der Waals surface area contributed by atoms with E-state index in [2.05, 4.69) is 175 Å². The van der Waals surface area contributed by atoms with Crippen LogP contribution in [0.2, 0.25) is 0 Å². The quantitative estimate of drug-likeness (QED) is 0.0710. The summed E-state index contributed by atoms with van der Waals surface area (Å²) in [5.41, 5.74) is 14.2. The van der Waals surface area contributed by atoms with E-state index in [-0.39, 0.29) is 48.9 Å². The summed E-state index contributed by atoms with van der Waals surface area (Å²) in [6, 6.07) is 49.8. The molecule has 8 aromatic rings. The van der Waals surface area contributed by atoms with Gasteiger partial charge in [0.05, 0.1) is 5.76 Å². The van der Waals surface area contributed by atoms with Crippen LogP contribution < -0.4 is 0 Å². The van der Waals surface area contributed by atoms with Crippen LogP contribution in [0, 0.1) is 43.7 Å². The number of aliphatic hydroxyl groups excluding tert-OH is 1. The Bertz CT molecular complexity index is 2920. The molecule has 69 heavy (non-hydrogen) atoms. The van der Waals surface area contributed by atoms with Crippen LogP contribution >= 0.6 is 11.3 Å². The molecule has 361 valence electrons. The molecule has 6 heteroatoms. The Morgan fingerprint density at radius 3 is 1.93 bits per heavy atom. The number of nitrogens with zero attached hydrogens (tertiary/aromatic N) is 2. The SMILES string of the molecule is CC(C)Cc1cccc2c1sc1c(-c3[c-]ccc(C(C)(C)C)c3)nccc12.CCC(CC)C(=O)/C=C(\O)C(CC)CC.Cc1[c-]c(-c2cc(-c3ccc(-c4ccccc4)cc3)ccn2)cc(C)c1.[Ir]. The van der Waals surface area contributed by atoms with Gasteiger partial charge in [0.1, 0.15) is 0 Å². The molecule has 0 aliphatic heterocycles. The van der Waals surface area contributed by atoms with Crippen LogP contribution in [0.5, 0.6) is 0 Å². The van der Waals surface area contributed by atoms with Gasteiger partial charge in [0.25, 0.3) is 0 Å². The van der Waals surface area contributed by atoms with Crippen LogP contribution in [0.15, 0.2) is 146 Å². The minimum Gasteiger partial charge on any atom is -0.512 e.